The average Bonchev–Trinajstić information content (AvgIpc) is 3.21. The van der Waals surface area contributed by atoms with Gasteiger partial charge in [0.2, 0.25) is 5.43 Å². The largest absolute Gasteiger partial charge is 0.493 e. The first-order valence-corrected chi connectivity index (χ1v) is 10.00. The van der Waals surface area contributed by atoms with Gasteiger partial charge in [0.1, 0.15) is 0 Å². The van der Waals surface area contributed by atoms with Crippen LogP contribution in [-0.2, 0) is 4.79 Å². The third-order valence-corrected chi connectivity index (χ3v) is 5.08. The summed E-state index contributed by atoms with van der Waals surface area (Å²) in [6.07, 6.45) is -1.87. The molecule has 0 saturated carbocycles. The van der Waals surface area contributed by atoms with Crippen LogP contribution in [-0.4, -0.2) is 37.3 Å². The molecule has 174 valence electrons. The first-order valence-electron chi connectivity index (χ1n) is 10.00. The van der Waals surface area contributed by atoms with Gasteiger partial charge in [-0.15, -0.1) is 5.10 Å². The van der Waals surface area contributed by atoms with Gasteiger partial charge in [0.15, 0.2) is 11.0 Å². The summed E-state index contributed by atoms with van der Waals surface area (Å²) < 4.78 is 37.7. The number of carbonyl (C=O) groups excluding carboxylic acids is 1. The van der Waals surface area contributed by atoms with Crippen LogP contribution in [0.5, 0.6) is 0 Å². The number of hydrogen-bond donors (Lipinski definition) is 1. The second-order valence-electron chi connectivity index (χ2n) is 7.39. The third kappa shape index (κ3) is 4.12. The highest BCUT2D eigenvalue weighted by molar-refractivity contribution is 5.89. The number of pyridine rings is 1. The number of nitrogens with one attached hydrogen (secondary N) is 1. The lowest BCUT2D eigenvalue weighted by atomic mass is 10.1. The van der Waals surface area contributed by atoms with E-state index in [1.165, 1.54) is 12.1 Å². The van der Waals surface area contributed by atoms with Gasteiger partial charge in [-0.3, -0.25) is 9.59 Å². The summed E-state index contributed by atoms with van der Waals surface area (Å²) in [6, 6.07) is 15.8. The van der Waals surface area contributed by atoms with Crippen molar-refractivity contribution in [3.8, 4) is 0 Å². The maximum Gasteiger partial charge on any atom is 0.493 e. The van der Waals surface area contributed by atoms with Gasteiger partial charge in [-0.25, -0.2) is 9.78 Å². The highest BCUT2D eigenvalue weighted by Gasteiger charge is 2.42. The Morgan fingerprint density at radius 3 is 2.63 bits per heavy atom. The number of halogens is 3. The molecule has 0 radical (unpaired) electrons. The zero-order chi connectivity index (χ0) is 24.7. The summed E-state index contributed by atoms with van der Waals surface area (Å²) in [5.74, 6) is -2.62. The number of fused-ring (bicyclic) bond motifs is 3. The molecule has 0 atom stereocenters. The van der Waals surface area contributed by atoms with Crippen molar-refractivity contribution in [3.05, 3.63) is 86.4 Å². The number of rotatable bonds is 3. The molecule has 0 saturated heterocycles. The molecule has 9 nitrogen and oxygen atoms in total. The SMILES string of the molecule is O=C(On1nnc2c(=O)[nH]c3cc(C=Cc4ccc5ccccc5n4)ccc3c(=O)c21)C(F)(F)F. The van der Waals surface area contributed by atoms with Gasteiger partial charge in [-0.05, 0) is 41.1 Å². The van der Waals surface area contributed by atoms with Gasteiger partial charge < -0.3 is 9.82 Å². The number of para-hydroxylation sites is 1. The number of nitrogens with zero attached hydrogens (tertiary/aromatic N) is 4. The van der Waals surface area contributed by atoms with Crippen molar-refractivity contribution in [2.24, 2.45) is 0 Å². The highest BCUT2D eigenvalue weighted by Crippen LogP contribution is 2.17. The molecular formula is C23H12F3N5O4. The fraction of sp³-hybridized carbons (Fsp3) is 0.0435. The summed E-state index contributed by atoms with van der Waals surface area (Å²) in [4.78, 5) is 47.9. The van der Waals surface area contributed by atoms with Crippen molar-refractivity contribution in [1.82, 2.24) is 25.1 Å². The fourth-order valence-electron chi connectivity index (χ4n) is 3.44. The Morgan fingerprint density at radius 1 is 1.03 bits per heavy atom. The molecule has 0 aliphatic heterocycles. The monoisotopic (exact) mass is 479 g/mol. The molecule has 35 heavy (non-hydrogen) atoms. The molecule has 0 fully saturated rings. The number of aromatic nitrogens is 5. The molecular weight excluding hydrogens is 467 g/mol. The Hall–Kier alpha value is -4.87. The summed E-state index contributed by atoms with van der Waals surface area (Å²) in [6.45, 7) is 0. The van der Waals surface area contributed by atoms with Gasteiger partial charge >= 0.3 is 12.1 Å². The second-order valence-corrected chi connectivity index (χ2v) is 7.39. The quantitative estimate of drug-likeness (QED) is 0.395. The molecule has 3 heterocycles. The van der Waals surface area contributed by atoms with Crippen molar-refractivity contribution in [3.63, 3.8) is 0 Å². The minimum atomic E-state index is -5.34. The topological polar surface area (TPSA) is 120 Å². The van der Waals surface area contributed by atoms with Crippen LogP contribution in [0.15, 0.2) is 64.2 Å². The summed E-state index contributed by atoms with van der Waals surface area (Å²) in [5, 5.41) is 7.53. The fourth-order valence-corrected chi connectivity index (χ4v) is 3.44. The lowest BCUT2D eigenvalue weighted by Crippen LogP contribution is -2.34. The van der Waals surface area contributed by atoms with Gasteiger partial charge in [-0.2, -0.15) is 13.2 Å². The molecule has 0 aliphatic carbocycles. The molecule has 0 aliphatic rings. The van der Waals surface area contributed by atoms with Crippen LogP contribution in [0.25, 0.3) is 45.0 Å². The number of hydrogen-bond acceptors (Lipinski definition) is 7. The standard InChI is InChI=1S/C23H12F3N5O4/c24-23(25,26)22(34)35-31-19-18(29-30-31)21(33)28-17-11-12(6-10-15(17)20(19)32)5-8-14-9-7-13-3-1-2-4-16(13)27-14/h1-11H,(H,28,33). The Labute approximate surface area is 192 Å². The smallest absolute Gasteiger partial charge is 0.320 e. The normalized spacial score (nSPS) is 12.1. The first-order chi connectivity index (χ1) is 16.7. The summed E-state index contributed by atoms with van der Waals surface area (Å²) in [7, 11) is 0. The minimum Gasteiger partial charge on any atom is -0.320 e. The van der Waals surface area contributed by atoms with E-state index >= 15 is 0 Å². The van der Waals surface area contributed by atoms with Crippen LogP contribution >= 0.6 is 0 Å². The van der Waals surface area contributed by atoms with Gasteiger partial charge in [0.25, 0.3) is 5.56 Å². The minimum absolute atomic E-state index is 0.00137. The zero-order valence-electron chi connectivity index (χ0n) is 17.4. The Balaban J connectivity index is 1.58. The van der Waals surface area contributed by atoms with Gasteiger partial charge in [0.05, 0.1) is 16.7 Å². The number of alkyl halides is 3. The Morgan fingerprint density at radius 2 is 1.83 bits per heavy atom. The second kappa shape index (κ2) is 8.17. The predicted molar refractivity (Wildman–Crippen MR) is 120 cm³/mol. The first kappa shape index (κ1) is 21.9. The Bertz CT molecular complexity index is 1790. The highest BCUT2D eigenvalue weighted by atomic mass is 19.4. The van der Waals surface area contributed by atoms with Crippen LogP contribution in [0.2, 0.25) is 0 Å². The molecule has 12 heteroatoms. The molecule has 0 spiro atoms. The third-order valence-electron chi connectivity index (χ3n) is 5.08. The molecule has 0 amide bonds. The Kier molecular flexibility index (Phi) is 5.12. The van der Waals surface area contributed by atoms with Gasteiger partial charge in [-0.1, -0.05) is 41.3 Å². The molecule has 0 unspecified atom stereocenters. The van der Waals surface area contributed by atoms with E-state index in [2.05, 4.69) is 25.1 Å². The molecule has 1 N–H and O–H groups in total. The zero-order valence-corrected chi connectivity index (χ0v) is 17.4. The van der Waals surface area contributed by atoms with Crippen LogP contribution in [0.3, 0.4) is 0 Å². The van der Waals surface area contributed by atoms with Crippen LogP contribution in [0.1, 0.15) is 11.3 Å². The van der Waals surface area contributed by atoms with E-state index < -0.39 is 34.2 Å². The molecule has 2 aromatic carbocycles. The van der Waals surface area contributed by atoms with Gasteiger partial charge in [0, 0.05) is 10.8 Å². The molecule has 3 aromatic heterocycles. The van der Waals surface area contributed by atoms with E-state index in [0.717, 1.165) is 10.9 Å². The van der Waals surface area contributed by atoms with Crippen molar-refractivity contribution in [2.45, 2.75) is 6.18 Å². The lowest BCUT2D eigenvalue weighted by Gasteiger charge is -2.04. The average molecular weight is 479 g/mol. The van der Waals surface area contributed by atoms with E-state index in [9.17, 15) is 27.6 Å². The predicted octanol–water partition coefficient (Wildman–Crippen LogP) is 2.87. The number of H-pyrrole nitrogens is 1. The van der Waals surface area contributed by atoms with E-state index in [4.69, 9.17) is 0 Å². The van der Waals surface area contributed by atoms with E-state index in [-0.39, 0.29) is 15.7 Å². The number of carbonyl (C=O) groups is 1. The number of benzene rings is 2. The molecule has 5 rings (SSSR count). The summed E-state index contributed by atoms with van der Waals surface area (Å²) >= 11 is 0. The molecule has 5 aromatic rings. The van der Waals surface area contributed by atoms with Crippen molar-refractivity contribution in [1.29, 1.82) is 0 Å². The summed E-state index contributed by atoms with van der Waals surface area (Å²) in [5.41, 5.74) is -0.891. The van der Waals surface area contributed by atoms with E-state index in [0.29, 0.717) is 11.3 Å². The maximum atomic E-state index is 13.0. The maximum absolute atomic E-state index is 13.0. The molecule has 0 bridgehead atoms. The van der Waals surface area contributed by atoms with Crippen molar-refractivity contribution >= 4 is 51.0 Å². The lowest BCUT2D eigenvalue weighted by molar-refractivity contribution is -0.201. The van der Waals surface area contributed by atoms with Crippen LogP contribution < -0.4 is 15.8 Å². The van der Waals surface area contributed by atoms with E-state index in [1.807, 2.05) is 36.4 Å². The van der Waals surface area contributed by atoms with Crippen LogP contribution in [0.4, 0.5) is 13.2 Å². The van der Waals surface area contributed by atoms with Crippen LogP contribution in [0, 0.1) is 0 Å². The van der Waals surface area contributed by atoms with E-state index in [1.54, 1.807) is 18.2 Å². The van der Waals surface area contributed by atoms with Crippen molar-refractivity contribution in [2.75, 3.05) is 0 Å². The van der Waals surface area contributed by atoms with Crippen molar-refractivity contribution < 1.29 is 22.8 Å². The number of aromatic amines is 1.